The Kier molecular flexibility index (Phi) is 5.35. The molecule has 0 aliphatic carbocycles. The molecule has 25 heavy (non-hydrogen) atoms. The number of thioether (sulfide) groups is 1. The first kappa shape index (κ1) is 17.4. The van der Waals surface area contributed by atoms with Crippen molar-refractivity contribution in [2.75, 3.05) is 5.32 Å². The number of nitrogens with one attached hydrogen (secondary N) is 2. The van der Waals surface area contributed by atoms with E-state index >= 15 is 0 Å². The van der Waals surface area contributed by atoms with Crippen LogP contribution in [0, 0.1) is 5.82 Å². The minimum absolute atomic E-state index is 0.0270. The number of rotatable bonds is 3. The van der Waals surface area contributed by atoms with E-state index in [-0.39, 0.29) is 23.3 Å². The Morgan fingerprint density at radius 3 is 2.76 bits per heavy atom. The molecule has 1 saturated heterocycles. The number of para-hydroxylation sites is 1. The number of anilines is 1. The molecule has 1 aliphatic heterocycles. The van der Waals surface area contributed by atoms with Gasteiger partial charge in [-0.25, -0.2) is 9.38 Å². The van der Waals surface area contributed by atoms with E-state index in [0.717, 1.165) is 11.8 Å². The van der Waals surface area contributed by atoms with Gasteiger partial charge in [-0.2, -0.15) is 0 Å². The van der Waals surface area contributed by atoms with Crippen molar-refractivity contribution in [3.05, 3.63) is 59.4 Å². The van der Waals surface area contributed by atoms with Gasteiger partial charge >= 0.3 is 0 Å². The van der Waals surface area contributed by atoms with Crippen LogP contribution >= 0.6 is 23.4 Å². The Morgan fingerprint density at radius 2 is 2.04 bits per heavy atom. The highest BCUT2D eigenvalue weighted by atomic mass is 35.5. The van der Waals surface area contributed by atoms with E-state index in [0.29, 0.717) is 16.5 Å². The second-order valence-corrected chi connectivity index (χ2v) is 6.83. The molecule has 2 aromatic carbocycles. The zero-order valence-corrected chi connectivity index (χ0v) is 14.4. The first-order chi connectivity index (χ1) is 12.0. The molecule has 0 saturated carbocycles. The largest absolute Gasteiger partial charge is 0.325 e. The molecule has 0 bridgehead atoms. The molecule has 1 atom stereocenters. The number of aliphatic imine (C=N–C) groups is 1. The van der Waals surface area contributed by atoms with Gasteiger partial charge in [-0.3, -0.25) is 9.59 Å². The second kappa shape index (κ2) is 7.67. The van der Waals surface area contributed by atoms with Crippen LogP contribution in [0.15, 0.2) is 53.5 Å². The first-order valence-electron chi connectivity index (χ1n) is 7.37. The van der Waals surface area contributed by atoms with Crippen LogP contribution < -0.4 is 10.6 Å². The van der Waals surface area contributed by atoms with Crippen LogP contribution in [-0.4, -0.2) is 22.2 Å². The summed E-state index contributed by atoms with van der Waals surface area (Å²) in [7, 11) is 0. The Bertz CT molecular complexity index is 845. The molecule has 0 radical (unpaired) electrons. The van der Waals surface area contributed by atoms with E-state index in [4.69, 9.17) is 11.6 Å². The highest BCUT2D eigenvalue weighted by molar-refractivity contribution is 8.15. The van der Waals surface area contributed by atoms with Crippen molar-refractivity contribution >= 4 is 51.7 Å². The lowest BCUT2D eigenvalue weighted by Gasteiger charge is -2.22. The maximum atomic E-state index is 13.2. The Labute approximate surface area is 152 Å². The van der Waals surface area contributed by atoms with Crippen LogP contribution in [0.1, 0.15) is 6.42 Å². The van der Waals surface area contributed by atoms with Crippen LogP contribution in [0.3, 0.4) is 0 Å². The molecule has 0 aromatic heterocycles. The molecule has 2 aromatic rings. The maximum absolute atomic E-state index is 13.2. The normalized spacial score (nSPS) is 18.7. The zero-order chi connectivity index (χ0) is 17.8. The van der Waals surface area contributed by atoms with E-state index in [1.165, 1.54) is 18.2 Å². The molecule has 1 heterocycles. The number of halogens is 2. The van der Waals surface area contributed by atoms with Gasteiger partial charge in [-0.05, 0) is 30.3 Å². The highest BCUT2D eigenvalue weighted by Gasteiger charge is 2.30. The van der Waals surface area contributed by atoms with Crippen molar-refractivity contribution in [2.24, 2.45) is 4.99 Å². The lowest BCUT2D eigenvalue weighted by atomic mass is 10.2. The summed E-state index contributed by atoms with van der Waals surface area (Å²) in [5.74, 6) is -1.22. The summed E-state index contributed by atoms with van der Waals surface area (Å²) in [4.78, 5) is 28.6. The SMILES string of the molecule is O=C1C[C@@H](C(=O)Nc2ccc(F)c(Cl)c2)SC(=Nc2ccccc2)N1. The average Bonchev–Trinajstić information content (AvgIpc) is 2.58. The van der Waals surface area contributed by atoms with Crippen LogP contribution in [-0.2, 0) is 9.59 Å². The molecule has 128 valence electrons. The minimum Gasteiger partial charge on any atom is -0.325 e. The third-order valence-electron chi connectivity index (χ3n) is 3.34. The van der Waals surface area contributed by atoms with Gasteiger partial charge in [0, 0.05) is 12.1 Å². The lowest BCUT2D eigenvalue weighted by Crippen LogP contribution is -2.41. The van der Waals surface area contributed by atoms with Crippen LogP contribution in [0.5, 0.6) is 0 Å². The molecule has 0 spiro atoms. The summed E-state index contributed by atoms with van der Waals surface area (Å²) in [6, 6.07) is 13.0. The van der Waals surface area contributed by atoms with E-state index in [9.17, 15) is 14.0 Å². The zero-order valence-electron chi connectivity index (χ0n) is 12.8. The quantitative estimate of drug-likeness (QED) is 0.856. The number of amidine groups is 1. The Hall–Kier alpha value is -2.38. The summed E-state index contributed by atoms with van der Waals surface area (Å²) in [5.41, 5.74) is 1.04. The fourth-order valence-electron chi connectivity index (χ4n) is 2.16. The van der Waals surface area contributed by atoms with Gasteiger partial charge in [0.15, 0.2) is 5.17 Å². The average molecular weight is 378 g/mol. The van der Waals surface area contributed by atoms with Gasteiger partial charge in [0.25, 0.3) is 0 Å². The van der Waals surface area contributed by atoms with E-state index in [1.807, 2.05) is 18.2 Å². The van der Waals surface area contributed by atoms with Crippen molar-refractivity contribution in [3.8, 4) is 0 Å². The molecule has 0 unspecified atom stereocenters. The number of amides is 2. The fraction of sp³-hybridized carbons (Fsp3) is 0.118. The van der Waals surface area contributed by atoms with Gasteiger partial charge in [0.05, 0.1) is 10.7 Å². The summed E-state index contributed by atoms with van der Waals surface area (Å²) < 4.78 is 13.2. The molecular formula is C17H13ClFN3O2S. The van der Waals surface area contributed by atoms with E-state index < -0.39 is 11.1 Å². The van der Waals surface area contributed by atoms with Crippen molar-refractivity contribution in [1.82, 2.24) is 5.32 Å². The number of carbonyl (C=O) groups excluding carboxylic acids is 2. The standard InChI is InChI=1S/C17H13ClFN3O2S/c18-12-8-11(6-7-13(12)19)20-16(24)14-9-15(23)22-17(25-14)21-10-4-2-1-3-5-10/h1-8,14H,9H2,(H,20,24)(H,21,22,23)/t14-/m0/s1. The predicted molar refractivity (Wildman–Crippen MR) is 97.7 cm³/mol. The van der Waals surface area contributed by atoms with E-state index in [2.05, 4.69) is 15.6 Å². The molecule has 5 nitrogen and oxygen atoms in total. The van der Waals surface area contributed by atoms with Crippen LogP contribution in [0.4, 0.5) is 15.8 Å². The van der Waals surface area contributed by atoms with Gasteiger partial charge in [0.2, 0.25) is 11.8 Å². The number of carbonyl (C=O) groups is 2. The van der Waals surface area contributed by atoms with Gasteiger partial charge < -0.3 is 10.6 Å². The molecular weight excluding hydrogens is 365 g/mol. The first-order valence-corrected chi connectivity index (χ1v) is 8.63. The third-order valence-corrected chi connectivity index (χ3v) is 4.71. The smallest absolute Gasteiger partial charge is 0.238 e. The number of benzene rings is 2. The van der Waals surface area contributed by atoms with Crippen molar-refractivity contribution in [2.45, 2.75) is 11.7 Å². The van der Waals surface area contributed by atoms with Gasteiger partial charge in [-0.15, -0.1) is 0 Å². The molecule has 2 N–H and O–H groups in total. The summed E-state index contributed by atoms with van der Waals surface area (Å²) in [5, 5.41) is 4.93. The summed E-state index contributed by atoms with van der Waals surface area (Å²) in [6.45, 7) is 0. The van der Waals surface area contributed by atoms with Crippen molar-refractivity contribution in [3.63, 3.8) is 0 Å². The fourth-order valence-corrected chi connectivity index (χ4v) is 3.34. The summed E-state index contributed by atoms with van der Waals surface area (Å²) >= 11 is 6.87. The highest BCUT2D eigenvalue weighted by Crippen LogP contribution is 2.25. The van der Waals surface area contributed by atoms with Crippen molar-refractivity contribution < 1.29 is 14.0 Å². The Balaban J connectivity index is 1.72. The van der Waals surface area contributed by atoms with Crippen LogP contribution in [0.25, 0.3) is 0 Å². The maximum Gasteiger partial charge on any atom is 0.238 e. The van der Waals surface area contributed by atoms with Gasteiger partial charge in [-0.1, -0.05) is 41.6 Å². The van der Waals surface area contributed by atoms with Crippen molar-refractivity contribution in [1.29, 1.82) is 0 Å². The Morgan fingerprint density at radius 1 is 1.28 bits per heavy atom. The molecule has 1 aliphatic rings. The number of hydrogen-bond donors (Lipinski definition) is 2. The second-order valence-electron chi connectivity index (χ2n) is 5.23. The predicted octanol–water partition coefficient (Wildman–Crippen LogP) is 3.73. The number of nitrogens with zero attached hydrogens (tertiary/aromatic N) is 1. The minimum atomic E-state index is -0.639. The lowest BCUT2D eigenvalue weighted by molar-refractivity contribution is -0.123. The third kappa shape index (κ3) is 4.58. The molecule has 1 fully saturated rings. The molecule has 8 heteroatoms. The van der Waals surface area contributed by atoms with Crippen LogP contribution in [0.2, 0.25) is 5.02 Å². The monoisotopic (exact) mass is 377 g/mol. The molecule has 3 rings (SSSR count). The van der Waals surface area contributed by atoms with Gasteiger partial charge in [0.1, 0.15) is 11.1 Å². The molecule has 2 amide bonds. The summed E-state index contributed by atoms with van der Waals surface area (Å²) in [6.07, 6.45) is 0.0270. The van der Waals surface area contributed by atoms with E-state index in [1.54, 1.807) is 12.1 Å². The topological polar surface area (TPSA) is 70.6 Å². The number of hydrogen-bond acceptors (Lipinski definition) is 4.